The maximum Gasteiger partial charge on any atom is 0.267 e. The summed E-state index contributed by atoms with van der Waals surface area (Å²) >= 11 is 6.31. The Kier molecular flexibility index (Phi) is 8.31. The lowest BCUT2D eigenvalue weighted by Crippen LogP contribution is -2.42. The number of amides is 1. The minimum Gasteiger partial charge on any atom is -0.477 e. The van der Waals surface area contributed by atoms with Crippen LogP contribution in [0.2, 0.25) is 5.15 Å². The first kappa shape index (κ1) is 29.7. The van der Waals surface area contributed by atoms with Crippen molar-refractivity contribution in [3.63, 3.8) is 0 Å². The first-order chi connectivity index (χ1) is 19.3. The molecule has 2 aromatic heterocycles. The number of hydrazone groups is 1. The van der Waals surface area contributed by atoms with E-state index in [1.165, 1.54) is 42.9 Å². The van der Waals surface area contributed by atoms with E-state index in [1.807, 2.05) is 0 Å². The van der Waals surface area contributed by atoms with Crippen LogP contribution in [-0.2, 0) is 10.0 Å². The van der Waals surface area contributed by atoms with E-state index >= 15 is 0 Å². The van der Waals surface area contributed by atoms with E-state index in [-0.39, 0.29) is 10.7 Å². The van der Waals surface area contributed by atoms with Crippen molar-refractivity contribution >= 4 is 39.5 Å². The molecule has 2 aromatic rings. The molecule has 2 saturated carbocycles. The number of sulfonamides is 1. The summed E-state index contributed by atoms with van der Waals surface area (Å²) in [6, 6.07) is 4.72. The van der Waals surface area contributed by atoms with Crippen LogP contribution in [0.25, 0.3) is 5.82 Å². The van der Waals surface area contributed by atoms with E-state index in [1.54, 1.807) is 36.2 Å². The van der Waals surface area contributed by atoms with Crippen molar-refractivity contribution in [2.24, 2.45) is 21.8 Å². The SMILES string of the molecule is CC1=N[N+](CCCC2CCC(C)(C)C2)=CC1S(=O)(=O)NC(=O)c1ccc(-n2ccc(OCCC3(C)CC3)n2)nc1Cl. The summed E-state index contributed by atoms with van der Waals surface area (Å²) in [5.74, 6) is 0.713. The van der Waals surface area contributed by atoms with Crippen LogP contribution in [0.15, 0.2) is 29.5 Å². The number of hydrogen-bond donors (Lipinski definition) is 1. The van der Waals surface area contributed by atoms with Crippen LogP contribution in [0.3, 0.4) is 0 Å². The van der Waals surface area contributed by atoms with Crippen molar-refractivity contribution < 1.29 is 22.6 Å². The van der Waals surface area contributed by atoms with Gasteiger partial charge >= 0.3 is 0 Å². The maximum atomic E-state index is 13.1. The highest BCUT2D eigenvalue weighted by atomic mass is 35.5. The number of ether oxygens (including phenoxy) is 1. The van der Waals surface area contributed by atoms with Crippen molar-refractivity contribution in [3.8, 4) is 11.7 Å². The molecule has 222 valence electrons. The van der Waals surface area contributed by atoms with Gasteiger partial charge in [0.1, 0.15) is 10.9 Å². The van der Waals surface area contributed by atoms with Gasteiger partial charge in [0, 0.05) is 18.7 Å². The molecule has 2 aliphatic carbocycles. The Hall–Kier alpha value is -2.79. The van der Waals surface area contributed by atoms with Crippen LogP contribution >= 0.6 is 11.6 Å². The third-order valence-corrected chi connectivity index (χ3v) is 10.5. The Labute approximate surface area is 247 Å². The number of hydrogen-bond acceptors (Lipinski definition) is 7. The molecule has 1 aliphatic heterocycles. The van der Waals surface area contributed by atoms with E-state index in [0.29, 0.717) is 47.3 Å². The Balaban J connectivity index is 1.16. The zero-order chi connectivity index (χ0) is 29.4. The number of nitrogens with one attached hydrogen (secondary N) is 1. The van der Waals surface area contributed by atoms with Crippen LogP contribution in [0.4, 0.5) is 0 Å². The molecule has 1 N–H and O–H groups in total. The molecule has 2 atom stereocenters. The van der Waals surface area contributed by atoms with Gasteiger partial charge < -0.3 is 4.74 Å². The van der Waals surface area contributed by atoms with Gasteiger partial charge in [-0.2, -0.15) is 0 Å². The van der Waals surface area contributed by atoms with Crippen LogP contribution < -0.4 is 9.46 Å². The summed E-state index contributed by atoms with van der Waals surface area (Å²) in [5, 5.41) is 7.61. The largest absolute Gasteiger partial charge is 0.477 e. The maximum absolute atomic E-state index is 13.1. The lowest BCUT2D eigenvalue weighted by Gasteiger charge is -2.16. The molecule has 2 unspecified atom stereocenters. The molecule has 2 fully saturated rings. The van der Waals surface area contributed by atoms with Crippen LogP contribution in [0.1, 0.15) is 89.4 Å². The molecule has 0 spiro atoms. The van der Waals surface area contributed by atoms with E-state index < -0.39 is 21.2 Å². The normalized spacial score (nSPS) is 22.8. The standard InChI is InChI=1S/C29H39ClN6O4S/c1-20-23(19-35(32-20)15-5-6-21-9-11-28(2,3)18-21)41(38,39)34-27(37)22-7-8-24(31-26(22)30)36-16-10-25(33-36)40-17-14-29(4)12-13-29/h7-8,10,16,19,21,23H,5-6,9,11-15,17-18H2,1-4H3/p+1. The lowest BCUT2D eigenvalue weighted by atomic mass is 9.89. The highest BCUT2D eigenvalue weighted by molar-refractivity contribution is 7.92. The van der Waals surface area contributed by atoms with Crippen LogP contribution in [0, 0.1) is 16.7 Å². The fraction of sp³-hybridized carbons (Fsp3) is 0.621. The minimum atomic E-state index is -4.08. The van der Waals surface area contributed by atoms with Crippen LogP contribution in [-0.4, -0.2) is 64.1 Å². The fourth-order valence-electron chi connectivity index (χ4n) is 5.70. The van der Waals surface area contributed by atoms with Gasteiger partial charge in [-0.1, -0.05) is 37.1 Å². The first-order valence-electron chi connectivity index (χ1n) is 14.4. The topological polar surface area (TPSA) is 119 Å². The molecular formula is C29H40ClN6O4S+. The Morgan fingerprint density at radius 2 is 2.00 bits per heavy atom. The molecule has 12 heteroatoms. The number of carbonyl (C=O) groups excluding carboxylic acids is 1. The Bertz CT molecular complexity index is 1480. The van der Waals surface area contributed by atoms with Gasteiger partial charge in [0.25, 0.3) is 15.9 Å². The van der Waals surface area contributed by atoms with Crippen molar-refractivity contribution in [3.05, 3.63) is 35.1 Å². The number of carbonyl (C=O) groups is 1. The molecule has 5 rings (SSSR count). The number of aromatic nitrogens is 3. The summed E-state index contributed by atoms with van der Waals surface area (Å²) in [4.78, 5) is 17.2. The zero-order valence-corrected chi connectivity index (χ0v) is 25.8. The van der Waals surface area contributed by atoms with Crippen molar-refractivity contribution in [2.45, 2.75) is 84.3 Å². The molecule has 3 heterocycles. The summed E-state index contributed by atoms with van der Waals surface area (Å²) < 4.78 is 37.3. The average molecular weight is 604 g/mol. The summed E-state index contributed by atoms with van der Waals surface area (Å²) in [5.41, 5.74) is 1.17. The highest BCUT2D eigenvalue weighted by Gasteiger charge is 2.39. The molecule has 3 aliphatic rings. The van der Waals surface area contributed by atoms with Gasteiger partial charge in [0.05, 0.1) is 12.2 Å². The third kappa shape index (κ3) is 7.35. The fourth-order valence-corrected chi connectivity index (χ4v) is 7.23. The van der Waals surface area contributed by atoms with Crippen molar-refractivity contribution in [1.29, 1.82) is 0 Å². The molecule has 0 bridgehead atoms. The second-order valence-corrected chi connectivity index (χ2v) is 15.0. The molecule has 1 amide bonds. The first-order valence-corrected chi connectivity index (χ1v) is 16.3. The molecule has 0 saturated heterocycles. The molecule has 10 nitrogen and oxygen atoms in total. The monoisotopic (exact) mass is 603 g/mol. The van der Waals surface area contributed by atoms with Gasteiger partial charge in [-0.15, -0.1) is 5.10 Å². The predicted octanol–water partition coefficient (Wildman–Crippen LogP) is 5.00. The van der Waals surface area contributed by atoms with Gasteiger partial charge in [-0.25, -0.2) is 22.8 Å². The van der Waals surface area contributed by atoms with Crippen molar-refractivity contribution in [1.82, 2.24) is 19.5 Å². The predicted molar refractivity (Wildman–Crippen MR) is 159 cm³/mol. The van der Waals surface area contributed by atoms with Gasteiger partial charge in [-0.3, -0.25) is 4.79 Å². The lowest BCUT2D eigenvalue weighted by molar-refractivity contribution is -0.526. The second-order valence-electron chi connectivity index (χ2n) is 12.9. The van der Waals surface area contributed by atoms with Gasteiger partial charge in [-0.05, 0) is 85.9 Å². The molecule has 41 heavy (non-hydrogen) atoms. The summed E-state index contributed by atoms with van der Waals surface area (Å²) in [6.07, 6.45) is 12.5. The molecule has 0 aromatic carbocycles. The number of nitrogens with zero attached hydrogens (tertiary/aromatic N) is 5. The van der Waals surface area contributed by atoms with E-state index in [9.17, 15) is 13.2 Å². The number of pyridine rings is 1. The second kappa shape index (κ2) is 11.5. The number of halogens is 1. The van der Waals surface area contributed by atoms with E-state index in [4.69, 9.17) is 16.3 Å². The van der Waals surface area contributed by atoms with Crippen molar-refractivity contribution in [2.75, 3.05) is 13.2 Å². The molecular weight excluding hydrogens is 564 g/mol. The quantitative estimate of drug-likeness (QED) is 0.269. The van der Waals surface area contributed by atoms with Crippen LogP contribution in [0.5, 0.6) is 5.88 Å². The van der Waals surface area contributed by atoms with E-state index in [2.05, 4.69) is 40.7 Å². The molecule has 0 radical (unpaired) electrons. The van der Waals surface area contributed by atoms with Gasteiger partial charge in [0.2, 0.25) is 11.1 Å². The third-order valence-electron chi connectivity index (χ3n) is 8.58. The zero-order valence-electron chi connectivity index (χ0n) is 24.3. The Morgan fingerprint density at radius 3 is 2.68 bits per heavy atom. The Morgan fingerprint density at radius 1 is 1.22 bits per heavy atom. The number of rotatable bonds is 12. The average Bonchev–Trinajstić information content (AvgIpc) is 3.21. The highest BCUT2D eigenvalue weighted by Crippen LogP contribution is 2.48. The summed E-state index contributed by atoms with van der Waals surface area (Å²) in [6.45, 7) is 9.77. The van der Waals surface area contributed by atoms with Gasteiger partial charge in [0.15, 0.2) is 18.6 Å². The summed E-state index contributed by atoms with van der Waals surface area (Å²) in [7, 11) is -4.08. The van der Waals surface area contributed by atoms with E-state index in [0.717, 1.165) is 19.3 Å². The minimum absolute atomic E-state index is 0.0516. The smallest absolute Gasteiger partial charge is 0.267 e.